The van der Waals surface area contributed by atoms with Crippen molar-refractivity contribution in [1.29, 1.82) is 0 Å². The number of alkyl halides is 3. The third-order valence-corrected chi connectivity index (χ3v) is 5.79. The van der Waals surface area contributed by atoms with E-state index in [2.05, 4.69) is 21.9 Å². The maximum absolute atomic E-state index is 14.0. The van der Waals surface area contributed by atoms with Gasteiger partial charge in [0, 0.05) is 36.2 Å². The molecule has 142 valence electrons. The van der Waals surface area contributed by atoms with Crippen LogP contribution in [0.25, 0.3) is 0 Å². The van der Waals surface area contributed by atoms with Gasteiger partial charge in [0.05, 0.1) is 17.7 Å². The number of aromatic nitrogens is 1. The number of thiazole rings is 1. The van der Waals surface area contributed by atoms with Crippen LogP contribution in [-0.2, 0) is 6.42 Å². The van der Waals surface area contributed by atoms with Crippen molar-refractivity contribution < 1.29 is 13.2 Å². The molecule has 1 aromatic heterocycles. The Kier molecular flexibility index (Phi) is 4.76. The van der Waals surface area contributed by atoms with Crippen LogP contribution >= 0.6 is 11.3 Å². The molecule has 1 fully saturated rings. The van der Waals surface area contributed by atoms with Crippen LogP contribution in [0.15, 0.2) is 34.7 Å². The second kappa shape index (κ2) is 6.61. The fraction of sp³-hybridized carbons (Fsp3) is 0.529. The quantitative estimate of drug-likeness (QED) is 0.845. The third kappa shape index (κ3) is 3.08. The SMILES string of the molecule is C=C1C=C(NCC)N=C2N1CC(C)(C(F)(F)F)N2CCc1scnc1C. The Balaban J connectivity index is 1.95. The number of aliphatic imine (C=N–C) groups is 1. The first-order valence-corrected chi connectivity index (χ1v) is 9.29. The molecular weight excluding hydrogens is 363 g/mol. The fourth-order valence-electron chi connectivity index (χ4n) is 3.20. The molecule has 1 saturated heterocycles. The standard InChI is InChI=1S/C17H22F3N5S/c1-5-21-14-8-11(2)24-9-16(4,17(18,19)20)25(15(24)23-14)7-6-13-12(3)22-10-26-13/h8,10,21H,2,5-7,9H2,1,3-4H3. The summed E-state index contributed by atoms with van der Waals surface area (Å²) in [6.07, 6.45) is -2.23. The molecule has 5 nitrogen and oxygen atoms in total. The minimum Gasteiger partial charge on any atom is -0.370 e. The van der Waals surface area contributed by atoms with E-state index < -0.39 is 11.7 Å². The normalized spacial score (nSPS) is 23.1. The Hall–Kier alpha value is -2.03. The monoisotopic (exact) mass is 385 g/mol. The van der Waals surface area contributed by atoms with Gasteiger partial charge in [-0.3, -0.25) is 0 Å². The van der Waals surface area contributed by atoms with Gasteiger partial charge in [-0.15, -0.1) is 11.3 Å². The summed E-state index contributed by atoms with van der Waals surface area (Å²) in [5.74, 6) is 0.838. The lowest BCUT2D eigenvalue weighted by atomic mass is 10.0. The minimum atomic E-state index is -4.39. The van der Waals surface area contributed by atoms with Gasteiger partial charge in [0.2, 0.25) is 5.96 Å². The first-order valence-electron chi connectivity index (χ1n) is 8.41. The Morgan fingerprint density at radius 3 is 2.73 bits per heavy atom. The number of allylic oxidation sites excluding steroid dienone is 1. The second-order valence-corrected chi connectivity index (χ2v) is 7.52. The average molecular weight is 385 g/mol. The summed E-state index contributed by atoms with van der Waals surface area (Å²) >= 11 is 1.47. The van der Waals surface area contributed by atoms with Gasteiger partial charge in [-0.05, 0) is 20.8 Å². The summed E-state index contributed by atoms with van der Waals surface area (Å²) in [6.45, 7) is 9.56. The van der Waals surface area contributed by atoms with E-state index in [0.717, 1.165) is 10.6 Å². The van der Waals surface area contributed by atoms with E-state index in [1.54, 1.807) is 16.5 Å². The highest BCUT2D eigenvalue weighted by molar-refractivity contribution is 7.09. The Morgan fingerprint density at radius 2 is 2.15 bits per heavy atom. The third-order valence-electron chi connectivity index (χ3n) is 4.79. The van der Waals surface area contributed by atoms with Gasteiger partial charge in [0.1, 0.15) is 5.82 Å². The number of hydrogen-bond donors (Lipinski definition) is 1. The van der Waals surface area contributed by atoms with Gasteiger partial charge in [0.25, 0.3) is 0 Å². The predicted molar refractivity (Wildman–Crippen MR) is 96.8 cm³/mol. The van der Waals surface area contributed by atoms with E-state index >= 15 is 0 Å². The maximum atomic E-state index is 14.0. The van der Waals surface area contributed by atoms with Crippen molar-refractivity contribution >= 4 is 17.3 Å². The molecule has 0 aliphatic carbocycles. The highest BCUT2D eigenvalue weighted by Gasteiger charge is 2.61. The summed E-state index contributed by atoms with van der Waals surface area (Å²) in [5.41, 5.74) is 1.07. The lowest BCUT2D eigenvalue weighted by Gasteiger charge is -2.36. The minimum absolute atomic E-state index is 0.209. The van der Waals surface area contributed by atoms with E-state index in [1.165, 1.54) is 23.2 Å². The molecule has 0 bridgehead atoms. The Labute approximate surface area is 154 Å². The molecule has 0 radical (unpaired) electrons. The zero-order chi connectivity index (χ0) is 19.1. The van der Waals surface area contributed by atoms with Crippen LogP contribution in [0.4, 0.5) is 13.2 Å². The van der Waals surface area contributed by atoms with E-state index in [-0.39, 0.29) is 13.1 Å². The number of fused-ring (bicyclic) bond motifs is 1. The molecule has 1 N–H and O–H groups in total. The molecule has 0 amide bonds. The van der Waals surface area contributed by atoms with Crippen molar-refractivity contribution in [3.8, 4) is 0 Å². The van der Waals surface area contributed by atoms with Crippen LogP contribution in [0.2, 0.25) is 0 Å². The first-order chi connectivity index (χ1) is 12.2. The topological polar surface area (TPSA) is 43.8 Å². The van der Waals surface area contributed by atoms with Crippen molar-refractivity contribution in [2.75, 3.05) is 19.6 Å². The number of nitrogens with zero attached hydrogens (tertiary/aromatic N) is 4. The molecule has 1 unspecified atom stereocenters. The van der Waals surface area contributed by atoms with Crippen LogP contribution < -0.4 is 5.32 Å². The molecule has 0 spiro atoms. The van der Waals surface area contributed by atoms with Crippen LogP contribution in [0, 0.1) is 6.92 Å². The summed E-state index contributed by atoms with van der Waals surface area (Å²) in [5, 5.41) is 3.06. The van der Waals surface area contributed by atoms with Crippen LogP contribution in [-0.4, -0.2) is 52.1 Å². The molecule has 0 saturated carbocycles. The van der Waals surface area contributed by atoms with Crippen molar-refractivity contribution in [2.24, 2.45) is 4.99 Å². The lowest BCUT2D eigenvalue weighted by Crippen LogP contribution is -2.56. The van der Waals surface area contributed by atoms with Crippen LogP contribution in [0.3, 0.4) is 0 Å². The van der Waals surface area contributed by atoms with Gasteiger partial charge in [-0.25, -0.2) is 4.98 Å². The molecule has 3 rings (SSSR count). The van der Waals surface area contributed by atoms with Crippen LogP contribution in [0.1, 0.15) is 24.4 Å². The summed E-state index contributed by atoms with van der Waals surface area (Å²) < 4.78 is 41.9. The van der Waals surface area contributed by atoms with Gasteiger partial charge in [-0.2, -0.15) is 18.2 Å². The molecule has 0 aromatic carbocycles. The number of aryl methyl sites for hydroxylation is 1. The average Bonchev–Trinajstić information content (AvgIpc) is 3.07. The molecular formula is C17H22F3N5S. The van der Waals surface area contributed by atoms with Gasteiger partial charge in [0.15, 0.2) is 5.54 Å². The van der Waals surface area contributed by atoms with Crippen molar-refractivity contribution in [1.82, 2.24) is 20.1 Å². The molecule has 1 atom stereocenters. The zero-order valence-electron chi connectivity index (χ0n) is 15.0. The van der Waals surface area contributed by atoms with Gasteiger partial charge >= 0.3 is 6.18 Å². The van der Waals surface area contributed by atoms with Crippen LogP contribution in [0.5, 0.6) is 0 Å². The maximum Gasteiger partial charge on any atom is 0.413 e. The van der Waals surface area contributed by atoms with E-state index in [0.29, 0.717) is 30.4 Å². The lowest BCUT2D eigenvalue weighted by molar-refractivity contribution is -0.207. The number of hydrogen-bond acceptors (Lipinski definition) is 6. The Bertz CT molecular complexity index is 767. The zero-order valence-corrected chi connectivity index (χ0v) is 15.8. The molecule has 26 heavy (non-hydrogen) atoms. The second-order valence-electron chi connectivity index (χ2n) is 6.58. The number of halogens is 3. The summed E-state index contributed by atoms with van der Waals surface area (Å²) in [4.78, 5) is 12.5. The fourth-order valence-corrected chi connectivity index (χ4v) is 3.97. The first kappa shape index (κ1) is 18.8. The van der Waals surface area contributed by atoms with Gasteiger partial charge < -0.3 is 15.1 Å². The summed E-state index contributed by atoms with van der Waals surface area (Å²) in [6, 6.07) is 0. The smallest absolute Gasteiger partial charge is 0.370 e. The Morgan fingerprint density at radius 1 is 1.42 bits per heavy atom. The van der Waals surface area contributed by atoms with Crippen molar-refractivity contribution in [2.45, 2.75) is 38.9 Å². The molecule has 3 heterocycles. The molecule has 1 aromatic rings. The summed E-state index contributed by atoms with van der Waals surface area (Å²) in [7, 11) is 0. The highest BCUT2D eigenvalue weighted by Crippen LogP contribution is 2.43. The van der Waals surface area contributed by atoms with Crippen molar-refractivity contribution in [3.05, 3.63) is 40.3 Å². The van der Waals surface area contributed by atoms with E-state index in [1.807, 2.05) is 13.8 Å². The number of rotatable bonds is 5. The predicted octanol–water partition coefficient (Wildman–Crippen LogP) is 3.27. The van der Waals surface area contributed by atoms with Gasteiger partial charge in [-0.1, -0.05) is 6.58 Å². The number of guanidine groups is 1. The molecule has 2 aliphatic heterocycles. The number of nitrogens with one attached hydrogen (secondary N) is 1. The molecule has 9 heteroatoms. The van der Waals surface area contributed by atoms with E-state index in [4.69, 9.17) is 0 Å². The highest BCUT2D eigenvalue weighted by atomic mass is 32.1. The largest absolute Gasteiger partial charge is 0.413 e. The molecule has 2 aliphatic rings. The van der Waals surface area contributed by atoms with Crippen molar-refractivity contribution in [3.63, 3.8) is 0 Å². The van der Waals surface area contributed by atoms with E-state index in [9.17, 15) is 13.2 Å².